The van der Waals surface area contributed by atoms with Crippen LogP contribution in [0.25, 0.3) is 0 Å². The van der Waals surface area contributed by atoms with Gasteiger partial charge >= 0.3 is 0 Å². The molecule has 0 radical (unpaired) electrons. The lowest BCUT2D eigenvalue weighted by Gasteiger charge is -2.07. The molecule has 1 N–H and O–H groups in total. The van der Waals surface area contributed by atoms with Crippen molar-refractivity contribution in [3.8, 4) is 0 Å². The number of amides is 1. The Morgan fingerprint density at radius 1 is 1.22 bits per heavy atom. The number of nitrogens with zero attached hydrogens (tertiary/aromatic N) is 1. The van der Waals surface area contributed by atoms with Crippen LogP contribution in [-0.4, -0.2) is 10.9 Å². The van der Waals surface area contributed by atoms with E-state index in [9.17, 15) is 4.79 Å². The summed E-state index contributed by atoms with van der Waals surface area (Å²) in [5, 5.41) is 3.44. The zero-order valence-corrected chi connectivity index (χ0v) is 12.1. The summed E-state index contributed by atoms with van der Waals surface area (Å²) in [6.45, 7) is 0. The van der Waals surface area contributed by atoms with E-state index in [2.05, 4.69) is 26.2 Å². The second-order valence-electron chi connectivity index (χ2n) is 3.45. The molecule has 0 aliphatic rings. The first kappa shape index (κ1) is 13.3. The molecule has 0 spiro atoms. The number of halogens is 3. The number of rotatable bonds is 2. The van der Waals surface area contributed by atoms with Crippen LogP contribution in [0.5, 0.6) is 0 Å². The van der Waals surface area contributed by atoms with E-state index >= 15 is 0 Å². The molecule has 0 saturated carbocycles. The molecule has 1 heterocycles. The first-order chi connectivity index (χ1) is 8.56. The first-order valence-electron chi connectivity index (χ1n) is 4.94. The minimum absolute atomic E-state index is 0.267. The van der Waals surface area contributed by atoms with Crippen molar-refractivity contribution < 1.29 is 4.79 Å². The van der Waals surface area contributed by atoms with E-state index in [-0.39, 0.29) is 11.1 Å². The number of nitrogens with one attached hydrogen (secondary N) is 1. The number of anilines is 1. The highest BCUT2D eigenvalue weighted by Gasteiger charge is 2.09. The van der Waals surface area contributed by atoms with E-state index in [4.69, 9.17) is 23.2 Å². The van der Waals surface area contributed by atoms with Gasteiger partial charge in [-0.3, -0.25) is 4.79 Å². The highest BCUT2D eigenvalue weighted by molar-refractivity contribution is 9.10. The summed E-state index contributed by atoms with van der Waals surface area (Å²) >= 11 is 15.0. The van der Waals surface area contributed by atoms with Crippen molar-refractivity contribution in [2.75, 3.05) is 5.32 Å². The van der Waals surface area contributed by atoms with Gasteiger partial charge < -0.3 is 5.32 Å². The molecule has 3 nitrogen and oxygen atoms in total. The Balaban J connectivity index is 2.24. The molecule has 18 heavy (non-hydrogen) atoms. The van der Waals surface area contributed by atoms with Crippen LogP contribution in [0.3, 0.4) is 0 Å². The molecular weight excluding hydrogens is 339 g/mol. The van der Waals surface area contributed by atoms with Gasteiger partial charge in [-0.15, -0.1) is 0 Å². The van der Waals surface area contributed by atoms with Gasteiger partial charge in [0.2, 0.25) is 0 Å². The maximum Gasteiger partial charge on any atom is 0.255 e. The molecule has 92 valence electrons. The van der Waals surface area contributed by atoms with Crippen LogP contribution in [-0.2, 0) is 0 Å². The minimum Gasteiger partial charge on any atom is -0.321 e. The summed E-state index contributed by atoms with van der Waals surface area (Å²) in [6.07, 6.45) is 1.47. The van der Waals surface area contributed by atoms with E-state index in [0.29, 0.717) is 16.3 Å². The Hall–Kier alpha value is -1.10. The predicted molar refractivity (Wildman–Crippen MR) is 76.4 cm³/mol. The fraction of sp³-hybridized carbons (Fsp3) is 0. The predicted octanol–water partition coefficient (Wildman–Crippen LogP) is 4.40. The smallest absolute Gasteiger partial charge is 0.255 e. The van der Waals surface area contributed by atoms with Gasteiger partial charge in [-0.1, -0.05) is 39.1 Å². The van der Waals surface area contributed by atoms with Gasteiger partial charge in [0.15, 0.2) is 0 Å². The summed E-state index contributed by atoms with van der Waals surface area (Å²) in [7, 11) is 0. The van der Waals surface area contributed by atoms with Gasteiger partial charge in [0.1, 0.15) is 5.15 Å². The fourth-order valence-electron chi connectivity index (χ4n) is 1.33. The molecule has 1 amide bonds. The van der Waals surface area contributed by atoms with Crippen LogP contribution < -0.4 is 5.32 Å². The summed E-state index contributed by atoms with van der Waals surface area (Å²) in [6, 6.07) is 8.28. The number of aromatic nitrogens is 1. The van der Waals surface area contributed by atoms with Crippen molar-refractivity contribution in [3.63, 3.8) is 0 Å². The average Bonchev–Trinajstić information content (AvgIpc) is 2.34. The van der Waals surface area contributed by atoms with Gasteiger partial charge in [-0.25, -0.2) is 4.98 Å². The van der Waals surface area contributed by atoms with Crippen LogP contribution in [0.1, 0.15) is 10.4 Å². The Morgan fingerprint density at radius 2 is 2.00 bits per heavy atom. The quantitative estimate of drug-likeness (QED) is 0.819. The highest BCUT2D eigenvalue weighted by Crippen LogP contribution is 2.26. The third kappa shape index (κ3) is 3.22. The Labute approximate surface area is 122 Å². The van der Waals surface area contributed by atoms with Crippen LogP contribution in [0.4, 0.5) is 5.69 Å². The minimum atomic E-state index is -0.292. The summed E-state index contributed by atoms with van der Waals surface area (Å²) in [4.78, 5) is 15.8. The third-order valence-corrected chi connectivity index (χ3v) is 3.19. The molecule has 6 heteroatoms. The summed E-state index contributed by atoms with van der Waals surface area (Å²) in [5.74, 6) is -0.292. The topological polar surface area (TPSA) is 42.0 Å². The van der Waals surface area contributed by atoms with E-state index in [1.54, 1.807) is 24.3 Å². The lowest BCUT2D eigenvalue weighted by atomic mass is 10.2. The van der Waals surface area contributed by atoms with Crippen molar-refractivity contribution in [2.45, 2.75) is 0 Å². The van der Waals surface area contributed by atoms with E-state index in [1.165, 1.54) is 12.3 Å². The van der Waals surface area contributed by atoms with E-state index in [1.807, 2.05) is 0 Å². The van der Waals surface area contributed by atoms with Crippen molar-refractivity contribution in [3.05, 3.63) is 56.7 Å². The molecule has 0 atom stereocenters. The van der Waals surface area contributed by atoms with Crippen LogP contribution in [0.2, 0.25) is 10.2 Å². The third-order valence-electron chi connectivity index (χ3n) is 2.17. The largest absolute Gasteiger partial charge is 0.321 e. The van der Waals surface area contributed by atoms with Crippen molar-refractivity contribution in [2.24, 2.45) is 0 Å². The molecule has 0 fully saturated rings. The second kappa shape index (κ2) is 5.69. The standard InChI is InChI=1S/C12H7BrCl2N2O/c13-8-1-2-9(14)10(6-8)17-12(18)7-3-4-16-11(15)5-7/h1-6H,(H,17,18). The van der Waals surface area contributed by atoms with Crippen LogP contribution in [0.15, 0.2) is 41.0 Å². The first-order valence-corrected chi connectivity index (χ1v) is 6.49. The molecule has 2 rings (SSSR count). The van der Waals surface area contributed by atoms with Gasteiger partial charge in [-0.2, -0.15) is 0 Å². The molecule has 1 aromatic heterocycles. The summed E-state index contributed by atoms with van der Waals surface area (Å²) in [5.41, 5.74) is 0.954. The average molecular weight is 346 g/mol. The van der Waals surface area contributed by atoms with Gasteiger partial charge in [0.05, 0.1) is 10.7 Å². The number of hydrogen-bond acceptors (Lipinski definition) is 2. The van der Waals surface area contributed by atoms with Crippen molar-refractivity contribution >= 4 is 50.7 Å². The van der Waals surface area contributed by atoms with Crippen molar-refractivity contribution in [1.82, 2.24) is 4.98 Å². The number of carbonyl (C=O) groups is 1. The number of hydrogen-bond donors (Lipinski definition) is 1. The maximum absolute atomic E-state index is 12.0. The Bertz CT molecular complexity index is 604. The zero-order chi connectivity index (χ0) is 13.1. The number of pyridine rings is 1. The zero-order valence-electron chi connectivity index (χ0n) is 8.95. The van der Waals surface area contributed by atoms with Gasteiger partial charge in [0, 0.05) is 16.2 Å². The lowest BCUT2D eigenvalue weighted by molar-refractivity contribution is 0.102. The maximum atomic E-state index is 12.0. The molecule has 0 unspecified atom stereocenters. The van der Waals surface area contributed by atoms with E-state index < -0.39 is 0 Å². The van der Waals surface area contributed by atoms with Crippen LogP contribution >= 0.6 is 39.1 Å². The number of benzene rings is 1. The molecular formula is C12H7BrCl2N2O. The fourth-order valence-corrected chi connectivity index (χ4v) is 2.03. The summed E-state index contributed by atoms with van der Waals surface area (Å²) < 4.78 is 0.829. The molecule has 0 saturated heterocycles. The number of carbonyl (C=O) groups excluding carboxylic acids is 1. The van der Waals surface area contributed by atoms with Crippen LogP contribution in [0, 0.1) is 0 Å². The SMILES string of the molecule is O=C(Nc1cc(Br)ccc1Cl)c1ccnc(Cl)c1. The van der Waals surface area contributed by atoms with Crippen molar-refractivity contribution in [1.29, 1.82) is 0 Å². The molecule has 0 aliphatic heterocycles. The molecule has 1 aromatic carbocycles. The Morgan fingerprint density at radius 3 is 2.72 bits per heavy atom. The highest BCUT2D eigenvalue weighted by atomic mass is 79.9. The van der Waals surface area contributed by atoms with Gasteiger partial charge in [-0.05, 0) is 30.3 Å². The normalized spacial score (nSPS) is 10.2. The molecule has 2 aromatic rings. The molecule has 0 bridgehead atoms. The van der Waals surface area contributed by atoms with E-state index in [0.717, 1.165) is 4.47 Å². The Kier molecular flexibility index (Phi) is 4.22. The second-order valence-corrected chi connectivity index (χ2v) is 5.16. The molecule has 0 aliphatic carbocycles. The lowest BCUT2D eigenvalue weighted by Crippen LogP contribution is -2.12. The monoisotopic (exact) mass is 344 g/mol. The van der Waals surface area contributed by atoms with Gasteiger partial charge in [0.25, 0.3) is 5.91 Å².